The van der Waals surface area contributed by atoms with Gasteiger partial charge in [-0.15, -0.1) is 23.1 Å². The Hall–Kier alpha value is -5.79. The van der Waals surface area contributed by atoms with Crippen molar-refractivity contribution in [2.75, 3.05) is 17.7 Å². The highest BCUT2D eigenvalue weighted by molar-refractivity contribution is 8.00. The van der Waals surface area contributed by atoms with Crippen LogP contribution in [-0.2, 0) is 9.59 Å². The molecule has 1 heterocycles. The Morgan fingerprint density at radius 1 is 0.938 bits per heavy atom. The van der Waals surface area contributed by atoms with Crippen LogP contribution in [0.4, 0.5) is 16.5 Å². The first-order chi connectivity index (χ1) is 23.2. The van der Waals surface area contributed by atoms with E-state index in [9.17, 15) is 24.5 Å². The number of nitrogens with one attached hydrogen (secondary N) is 3. The monoisotopic (exact) mass is 679 g/mol. The molecule has 0 spiro atoms. The molecular weight excluding hydrogens is 651 g/mol. The number of hydrogen-bond acceptors (Lipinski definition) is 9. The van der Waals surface area contributed by atoms with Gasteiger partial charge in [0.25, 0.3) is 17.5 Å². The number of carbonyl (C=O) groups is 3. The molecule has 3 N–H and O–H groups in total. The fraction of sp³-hybridized carbons (Fsp3) is 0.0857. The summed E-state index contributed by atoms with van der Waals surface area (Å²) in [5.41, 5.74) is 2.70. The average Bonchev–Trinajstić information content (AvgIpc) is 3.58. The summed E-state index contributed by atoms with van der Waals surface area (Å²) in [5.74, 6) is -0.551. The highest BCUT2D eigenvalue weighted by Gasteiger charge is 2.18. The number of nitro benzene ring substituents is 1. The van der Waals surface area contributed by atoms with Gasteiger partial charge in [0.2, 0.25) is 5.91 Å². The lowest BCUT2D eigenvalue weighted by atomic mass is 10.1. The Labute approximate surface area is 284 Å². The van der Waals surface area contributed by atoms with Gasteiger partial charge in [-0.2, -0.15) is 0 Å². The molecule has 13 heteroatoms. The largest absolute Gasteiger partial charge is 0.497 e. The molecule has 0 saturated carbocycles. The Morgan fingerprint density at radius 2 is 1.67 bits per heavy atom. The second-order valence-electron chi connectivity index (χ2n) is 10.2. The van der Waals surface area contributed by atoms with Gasteiger partial charge in [-0.05, 0) is 67.1 Å². The lowest BCUT2D eigenvalue weighted by Crippen LogP contribution is -2.30. The predicted octanol–water partition coefficient (Wildman–Crippen LogP) is 7.26. The number of thioether (sulfide) groups is 1. The number of methoxy groups -OCH3 is 1. The number of nitrogens with zero attached hydrogens (tertiary/aromatic N) is 2. The minimum absolute atomic E-state index is 0.0398. The van der Waals surface area contributed by atoms with Gasteiger partial charge >= 0.3 is 0 Å². The van der Waals surface area contributed by atoms with Crippen molar-refractivity contribution in [1.82, 2.24) is 10.3 Å². The number of benzene rings is 4. The minimum Gasteiger partial charge on any atom is -0.497 e. The molecule has 0 aliphatic carbocycles. The van der Waals surface area contributed by atoms with Crippen LogP contribution in [0.3, 0.4) is 0 Å². The van der Waals surface area contributed by atoms with Crippen molar-refractivity contribution in [3.63, 3.8) is 0 Å². The second-order valence-corrected chi connectivity index (χ2v) is 12.5. The number of anilines is 2. The van der Waals surface area contributed by atoms with Crippen molar-refractivity contribution < 1.29 is 24.0 Å². The Kier molecular flexibility index (Phi) is 11.0. The topological polar surface area (TPSA) is 153 Å². The lowest BCUT2D eigenvalue weighted by molar-refractivity contribution is -0.384. The third kappa shape index (κ3) is 8.93. The van der Waals surface area contributed by atoms with Gasteiger partial charge in [0.1, 0.15) is 11.4 Å². The molecule has 11 nitrogen and oxygen atoms in total. The van der Waals surface area contributed by atoms with Crippen molar-refractivity contribution in [1.29, 1.82) is 0 Å². The molecule has 5 aromatic rings. The zero-order chi connectivity index (χ0) is 34.0. The van der Waals surface area contributed by atoms with Crippen molar-refractivity contribution in [2.24, 2.45) is 0 Å². The summed E-state index contributed by atoms with van der Waals surface area (Å²) < 4.78 is 5.21. The van der Waals surface area contributed by atoms with Crippen molar-refractivity contribution in [2.45, 2.75) is 17.1 Å². The number of ether oxygens (including phenoxy) is 1. The fourth-order valence-electron chi connectivity index (χ4n) is 4.33. The summed E-state index contributed by atoms with van der Waals surface area (Å²) in [4.78, 5) is 55.0. The van der Waals surface area contributed by atoms with E-state index in [1.54, 1.807) is 116 Å². The average molecular weight is 680 g/mol. The summed E-state index contributed by atoms with van der Waals surface area (Å²) in [7, 11) is 1.56. The maximum atomic E-state index is 13.4. The minimum atomic E-state index is -0.517. The normalized spacial score (nSPS) is 11.7. The van der Waals surface area contributed by atoms with Gasteiger partial charge in [0.05, 0.1) is 23.0 Å². The quantitative estimate of drug-likeness (QED) is 0.0539. The summed E-state index contributed by atoms with van der Waals surface area (Å²) >= 11 is 2.55. The molecule has 0 saturated heterocycles. The highest BCUT2D eigenvalue weighted by Crippen LogP contribution is 2.29. The number of aromatic nitrogens is 1. The molecule has 1 aromatic heterocycles. The lowest BCUT2D eigenvalue weighted by Gasteiger charge is -2.13. The van der Waals surface area contributed by atoms with Crippen LogP contribution in [0.5, 0.6) is 5.75 Å². The first-order valence-electron chi connectivity index (χ1n) is 14.5. The van der Waals surface area contributed by atoms with E-state index in [-0.39, 0.29) is 17.3 Å². The van der Waals surface area contributed by atoms with Gasteiger partial charge in [-0.1, -0.05) is 42.5 Å². The van der Waals surface area contributed by atoms with Crippen molar-refractivity contribution >= 4 is 63.4 Å². The summed E-state index contributed by atoms with van der Waals surface area (Å²) in [6.45, 7) is 1.76. The fourth-order valence-corrected chi connectivity index (χ4v) is 5.92. The Balaban J connectivity index is 1.21. The number of non-ortho nitro benzene ring substituents is 1. The zero-order valence-corrected chi connectivity index (χ0v) is 27.3. The highest BCUT2D eigenvalue weighted by atomic mass is 32.2. The maximum absolute atomic E-state index is 13.4. The molecule has 242 valence electrons. The molecule has 0 radical (unpaired) electrons. The van der Waals surface area contributed by atoms with E-state index in [0.717, 1.165) is 4.90 Å². The number of carbonyl (C=O) groups excluding carboxylic acids is 3. The van der Waals surface area contributed by atoms with E-state index >= 15 is 0 Å². The van der Waals surface area contributed by atoms with E-state index in [0.29, 0.717) is 39.0 Å². The second kappa shape index (κ2) is 15.7. The van der Waals surface area contributed by atoms with Crippen LogP contribution in [0.1, 0.15) is 22.8 Å². The molecular formula is C35H29N5O6S2. The molecule has 0 aliphatic heterocycles. The molecule has 0 aliphatic rings. The molecule has 0 fully saturated rings. The molecule has 1 atom stereocenters. The van der Waals surface area contributed by atoms with E-state index in [1.807, 2.05) is 0 Å². The summed E-state index contributed by atoms with van der Waals surface area (Å²) in [6, 6.07) is 28.8. The predicted molar refractivity (Wildman–Crippen MR) is 188 cm³/mol. The Bertz CT molecular complexity index is 1960. The SMILES string of the molecule is COc1ccc(/C=C(\NC(=O)c2ccccc2)C(=O)Nc2ccc(SC(C)C(=O)Nc3nc(-c4cccc([N+](=O)[O-])c4)cs3)cc2)cc1. The van der Waals surface area contributed by atoms with Crippen molar-refractivity contribution in [3.8, 4) is 17.0 Å². The van der Waals surface area contributed by atoms with Crippen LogP contribution in [0.15, 0.2) is 119 Å². The third-order valence-electron chi connectivity index (χ3n) is 6.84. The van der Waals surface area contributed by atoms with E-state index in [4.69, 9.17) is 4.74 Å². The number of amides is 3. The van der Waals surface area contributed by atoms with Crippen LogP contribution in [0, 0.1) is 10.1 Å². The van der Waals surface area contributed by atoms with Gasteiger partial charge in [-0.25, -0.2) is 4.98 Å². The van der Waals surface area contributed by atoms with E-state index in [1.165, 1.54) is 35.2 Å². The summed E-state index contributed by atoms with van der Waals surface area (Å²) in [5, 5.41) is 21.1. The van der Waals surface area contributed by atoms with Gasteiger partial charge in [0.15, 0.2) is 5.13 Å². The molecule has 4 aromatic carbocycles. The third-order valence-corrected chi connectivity index (χ3v) is 8.71. The zero-order valence-electron chi connectivity index (χ0n) is 25.7. The van der Waals surface area contributed by atoms with E-state index < -0.39 is 22.0 Å². The smallest absolute Gasteiger partial charge is 0.272 e. The van der Waals surface area contributed by atoms with Gasteiger partial charge < -0.3 is 20.7 Å². The molecule has 48 heavy (non-hydrogen) atoms. The van der Waals surface area contributed by atoms with Gasteiger partial charge in [-0.3, -0.25) is 24.5 Å². The number of rotatable bonds is 12. The molecule has 1 unspecified atom stereocenters. The van der Waals surface area contributed by atoms with Gasteiger partial charge in [0, 0.05) is 39.2 Å². The van der Waals surface area contributed by atoms with Crippen LogP contribution < -0.4 is 20.7 Å². The Morgan fingerprint density at radius 3 is 2.35 bits per heavy atom. The van der Waals surface area contributed by atoms with E-state index in [2.05, 4.69) is 20.9 Å². The van der Waals surface area contributed by atoms with Crippen LogP contribution >= 0.6 is 23.1 Å². The number of hydrogen-bond donors (Lipinski definition) is 3. The first kappa shape index (κ1) is 33.6. The molecule has 0 bridgehead atoms. The van der Waals surface area contributed by atoms with Crippen LogP contribution in [0.25, 0.3) is 17.3 Å². The van der Waals surface area contributed by atoms with Crippen LogP contribution in [0.2, 0.25) is 0 Å². The number of thiazole rings is 1. The number of nitro groups is 1. The standard InChI is InChI=1S/C35H29N5O6S2/c1-22(32(41)39-35-38-31(21-47-35)25-9-6-10-27(20-25)40(44)45)48-29-17-13-26(14-18-29)36-34(43)30(19-23-11-15-28(46-2)16-12-23)37-33(42)24-7-4-3-5-8-24/h3-22H,1-2H3,(H,36,43)(H,37,42)(H,38,39,41)/b30-19-. The summed E-state index contributed by atoms with van der Waals surface area (Å²) in [6.07, 6.45) is 1.58. The van der Waals surface area contributed by atoms with Crippen molar-refractivity contribution in [3.05, 3.63) is 135 Å². The molecule has 5 rings (SSSR count). The maximum Gasteiger partial charge on any atom is 0.272 e. The first-order valence-corrected chi connectivity index (χ1v) is 16.3. The van der Waals surface area contributed by atoms with Crippen LogP contribution in [-0.4, -0.2) is 40.0 Å². The molecule has 3 amide bonds.